The van der Waals surface area contributed by atoms with Crippen molar-refractivity contribution in [2.45, 2.75) is 71.3 Å². The summed E-state index contributed by atoms with van der Waals surface area (Å²) in [4.78, 5) is 16.8. The van der Waals surface area contributed by atoms with E-state index in [1.165, 1.54) is 5.56 Å². The highest BCUT2D eigenvalue weighted by Gasteiger charge is 2.21. The fourth-order valence-electron chi connectivity index (χ4n) is 4.12. The van der Waals surface area contributed by atoms with Crippen LogP contribution in [0.25, 0.3) is 0 Å². The van der Waals surface area contributed by atoms with Gasteiger partial charge in [-0.3, -0.25) is 9.79 Å². The molecule has 1 atom stereocenters. The van der Waals surface area contributed by atoms with Gasteiger partial charge in [-0.15, -0.1) is 0 Å². The molecule has 6 heteroatoms. The molecule has 5 nitrogen and oxygen atoms in total. The van der Waals surface area contributed by atoms with E-state index in [9.17, 15) is 4.79 Å². The Morgan fingerprint density at radius 3 is 2.62 bits per heavy atom. The molecule has 184 valence electrons. The molecule has 1 aliphatic rings. The third kappa shape index (κ3) is 8.05. The van der Waals surface area contributed by atoms with E-state index in [1.807, 2.05) is 49.7 Å². The van der Waals surface area contributed by atoms with Crippen LogP contribution < -0.4 is 15.4 Å². The van der Waals surface area contributed by atoms with Crippen molar-refractivity contribution in [1.29, 1.82) is 0 Å². The number of nitrogens with zero attached hydrogens (tertiary/aromatic N) is 1. The Morgan fingerprint density at radius 1 is 1.12 bits per heavy atom. The van der Waals surface area contributed by atoms with Crippen molar-refractivity contribution in [3.63, 3.8) is 0 Å². The average molecular weight is 484 g/mol. The van der Waals surface area contributed by atoms with Gasteiger partial charge in [0.15, 0.2) is 0 Å². The first-order chi connectivity index (χ1) is 16.5. The molecule has 2 aromatic carbocycles. The molecule has 0 bridgehead atoms. The number of hydrogen-bond donors (Lipinski definition) is 2. The Hall–Kier alpha value is -2.53. The van der Waals surface area contributed by atoms with E-state index in [1.54, 1.807) is 0 Å². The second kappa shape index (κ2) is 13.4. The highest BCUT2D eigenvalue weighted by molar-refractivity contribution is 6.31. The number of nitrogens with one attached hydrogen (secondary N) is 2. The van der Waals surface area contributed by atoms with Crippen molar-refractivity contribution in [1.82, 2.24) is 5.32 Å². The van der Waals surface area contributed by atoms with E-state index >= 15 is 0 Å². The van der Waals surface area contributed by atoms with E-state index in [-0.39, 0.29) is 5.91 Å². The molecule has 0 saturated heterocycles. The van der Waals surface area contributed by atoms with Crippen LogP contribution in [0.2, 0.25) is 5.02 Å². The zero-order valence-corrected chi connectivity index (χ0v) is 21.5. The fourth-order valence-corrected chi connectivity index (χ4v) is 4.35. The summed E-state index contributed by atoms with van der Waals surface area (Å²) >= 11 is 6.27. The first-order valence-corrected chi connectivity index (χ1v) is 12.9. The summed E-state index contributed by atoms with van der Waals surface area (Å²) in [6.45, 7) is 5.68. The molecule has 0 aliphatic carbocycles. The molecule has 1 unspecified atom stereocenters. The third-order valence-corrected chi connectivity index (χ3v) is 6.42. The maximum atomic E-state index is 12.2. The van der Waals surface area contributed by atoms with E-state index in [0.717, 1.165) is 72.8 Å². The molecule has 3 rings (SSSR count). The number of fused-ring (bicyclic) bond motifs is 1. The van der Waals surface area contributed by atoms with Crippen LogP contribution >= 0.6 is 11.6 Å². The van der Waals surface area contributed by atoms with Crippen LogP contribution in [0.15, 0.2) is 41.4 Å². The number of anilines is 1. The maximum Gasteiger partial charge on any atom is 0.220 e. The number of carbonyl (C=O) groups is 1. The highest BCUT2D eigenvalue weighted by Crippen LogP contribution is 2.42. The Balaban J connectivity index is 1.27. The van der Waals surface area contributed by atoms with Crippen molar-refractivity contribution >= 4 is 35.1 Å². The average Bonchev–Trinajstić information content (AvgIpc) is 3.22. The fraction of sp³-hybridized carbons (Fsp3) is 0.500. The molecule has 0 spiro atoms. The molecule has 0 fully saturated rings. The summed E-state index contributed by atoms with van der Waals surface area (Å²) in [7, 11) is 1.89. The van der Waals surface area contributed by atoms with Gasteiger partial charge in [-0.1, -0.05) is 56.8 Å². The summed E-state index contributed by atoms with van der Waals surface area (Å²) < 4.78 is 5.74. The molecule has 1 amide bonds. The number of benzene rings is 2. The first kappa shape index (κ1) is 26.1. The molecular formula is C28H38ClN3O2. The highest BCUT2D eigenvalue weighted by atomic mass is 35.5. The molecule has 1 heterocycles. The first-order valence-electron chi connectivity index (χ1n) is 12.5. The van der Waals surface area contributed by atoms with E-state index < -0.39 is 0 Å². The number of amides is 1. The zero-order valence-electron chi connectivity index (χ0n) is 20.7. The topological polar surface area (TPSA) is 62.7 Å². The van der Waals surface area contributed by atoms with Gasteiger partial charge in [0.2, 0.25) is 5.91 Å². The SMILES string of the molecule is CNc1cc(Cl)cc2c1N=CC2CCCCCCC(=O)NCc1ccc(OCCC(C)C)cc1. The zero-order chi connectivity index (χ0) is 24.3. The lowest BCUT2D eigenvalue weighted by atomic mass is 9.94. The summed E-state index contributed by atoms with van der Waals surface area (Å²) in [6.07, 6.45) is 8.93. The lowest BCUT2D eigenvalue weighted by molar-refractivity contribution is -0.121. The van der Waals surface area contributed by atoms with Crippen molar-refractivity contribution in [2.75, 3.05) is 19.0 Å². The van der Waals surface area contributed by atoms with Gasteiger partial charge in [-0.2, -0.15) is 0 Å². The van der Waals surface area contributed by atoms with Crippen LogP contribution in [0.1, 0.15) is 75.8 Å². The van der Waals surface area contributed by atoms with Gasteiger partial charge in [0, 0.05) is 37.2 Å². The largest absolute Gasteiger partial charge is 0.494 e. The van der Waals surface area contributed by atoms with Gasteiger partial charge in [0.1, 0.15) is 5.75 Å². The standard InChI is InChI=1S/C28H38ClN3O2/c1-20(2)14-15-34-24-12-10-21(11-13-24)18-31-27(33)9-7-5-4-6-8-22-19-32-28-25(22)16-23(29)17-26(28)30-3/h10-13,16-17,19-20,22,30H,4-9,14-15,18H2,1-3H3,(H,31,33). The number of aliphatic imine (C=N–C) groups is 1. The van der Waals surface area contributed by atoms with Gasteiger partial charge < -0.3 is 15.4 Å². The summed E-state index contributed by atoms with van der Waals surface area (Å²) in [5.74, 6) is 1.97. The minimum atomic E-state index is 0.114. The van der Waals surface area contributed by atoms with Gasteiger partial charge in [0.25, 0.3) is 0 Å². The van der Waals surface area contributed by atoms with Gasteiger partial charge in [-0.05, 0) is 60.6 Å². The minimum absolute atomic E-state index is 0.114. The normalized spacial score (nSPS) is 14.3. The molecule has 2 N–H and O–H groups in total. The van der Waals surface area contributed by atoms with Crippen molar-refractivity contribution in [3.8, 4) is 5.75 Å². The van der Waals surface area contributed by atoms with E-state index in [2.05, 4.69) is 29.5 Å². The molecule has 1 aliphatic heterocycles. The monoisotopic (exact) mass is 483 g/mol. The van der Waals surface area contributed by atoms with Gasteiger partial charge in [0.05, 0.1) is 18.0 Å². The second-order valence-electron chi connectivity index (χ2n) is 9.43. The molecular weight excluding hydrogens is 446 g/mol. The third-order valence-electron chi connectivity index (χ3n) is 6.20. The second-order valence-corrected chi connectivity index (χ2v) is 9.87. The number of rotatable bonds is 14. The predicted molar refractivity (Wildman–Crippen MR) is 143 cm³/mol. The molecule has 0 saturated carbocycles. The molecule has 0 radical (unpaired) electrons. The Morgan fingerprint density at radius 2 is 1.88 bits per heavy atom. The number of hydrogen-bond acceptors (Lipinski definition) is 4. The van der Waals surface area contributed by atoms with Crippen LogP contribution in [0.4, 0.5) is 11.4 Å². The smallest absolute Gasteiger partial charge is 0.220 e. The van der Waals surface area contributed by atoms with Crippen LogP contribution in [-0.4, -0.2) is 25.8 Å². The van der Waals surface area contributed by atoms with Crippen molar-refractivity contribution in [3.05, 3.63) is 52.5 Å². The summed E-state index contributed by atoms with van der Waals surface area (Å²) in [5, 5.41) is 6.94. The Bertz CT molecular complexity index is 957. The van der Waals surface area contributed by atoms with Crippen LogP contribution in [-0.2, 0) is 11.3 Å². The predicted octanol–water partition coefficient (Wildman–Crippen LogP) is 7.26. The van der Waals surface area contributed by atoms with E-state index in [4.69, 9.17) is 16.3 Å². The number of carbonyl (C=O) groups excluding carboxylic acids is 1. The Labute approximate surface area is 209 Å². The molecule has 2 aromatic rings. The van der Waals surface area contributed by atoms with Crippen LogP contribution in [0.5, 0.6) is 5.75 Å². The minimum Gasteiger partial charge on any atom is -0.494 e. The lowest BCUT2D eigenvalue weighted by Gasteiger charge is -2.12. The van der Waals surface area contributed by atoms with Crippen LogP contribution in [0, 0.1) is 5.92 Å². The number of halogens is 1. The number of ether oxygens (including phenoxy) is 1. The molecule has 34 heavy (non-hydrogen) atoms. The van der Waals surface area contributed by atoms with E-state index in [0.29, 0.717) is 24.8 Å². The van der Waals surface area contributed by atoms with Gasteiger partial charge >= 0.3 is 0 Å². The number of unbranched alkanes of at least 4 members (excludes halogenated alkanes) is 3. The molecule has 0 aromatic heterocycles. The summed E-state index contributed by atoms with van der Waals surface area (Å²) in [5.41, 5.74) is 4.30. The Kier molecular flexibility index (Phi) is 10.3. The van der Waals surface area contributed by atoms with Gasteiger partial charge in [-0.25, -0.2) is 0 Å². The van der Waals surface area contributed by atoms with Crippen LogP contribution in [0.3, 0.4) is 0 Å². The van der Waals surface area contributed by atoms with Crippen molar-refractivity contribution < 1.29 is 9.53 Å². The maximum absolute atomic E-state index is 12.2. The lowest BCUT2D eigenvalue weighted by Crippen LogP contribution is -2.22. The van der Waals surface area contributed by atoms with Crippen molar-refractivity contribution in [2.24, 2.45) is 10.9 Å². The summed E-state index contributed by atoms with van der Waals surface area (Å²) in [6, 6.07) is 11.9. The quantitative estimate of drug-likeness (QED) is 0.278.